The van der Waals surface area contributed by atoms with Crippen LogP contribution in [0.4, 0.5) is 0 Å². The minimum atomic E-state index is -0.922. The molecule has 0 radical (unpaired) electrons. The maximum atomic E-state index is 12.3. The smallest absolute Gasteiger partial charge is 0.253 e. The summed E-state index contributed by atoms with van der Waals surface area (Å²) in [5, 5.41) is 10.1. The molecule has 0 saturated heterocycles. The molecule has 12 heteroatoms. The van der Waals surface area contributed by atoms with Crippen LogP contribution in [0, 0.1) is 0 Å². The monoisotopic (exact) mass is 495 g/mol. The Kier molecular flexibility index (Phi) is 12.6. The number of hydrogen-bond donors (Lipinski definition) is 4. The summed E-state index contributed by atoms with van der Waals surface area (Å²) in [6.07, 6.45) is 4.34. The molecule has 4 N–H and O–H groups in total. The summed E-state index contributed by atoms with van der Waals surface area (Å²) in [7, 11) is 0. The van der Waals surface area contributed by atoms with Crippen molar-refractivity contribution in [2.75, 3.05) is 13.3 Å². The molecule has 0 fully saturated rings. The molecule has 35 heavy (non-hydrogen) atoms. The maximum absolute atomic E-state index is 12.3. The van der Waals surface area contributed by atoms with E-state index < -0.39 is 35.8 Å². The lowest BCUT2D eigenvalue weighted by atomic mass is 10.1. The van der Waals surface area contributed by atoms with Crippen LogP contribution in [-0.4, -0.2) is 77.8 Å². The summed E-state index contributed by atoms with van der Waals surface area (Å²) in [6, 6.07) is -2.61. The molecule has 3 unspecified atom stereocenters. The van der Waals surface area contributed by atoms with Crippen LogP contribution in [0.1, 0.15) is 60.3 Å². The molecule has 0 spiro atoms. The average molecular weight is 496 g/mol. The number of unbranched alkanes of at least 4 members (excludes halogenated alkanes) is 2. The Bertz CT molecular complexity index is 809. The second-order valence-corrected chi connectivity index (χ2v) is 8.62. The van der Waals surface area contributed by atoms with Crippen LogP contribution in [0.3, 0.4) is 0 Å². The first-order valence-corrected chi connectivity index (χ1v) is 11.7. The van der Waals surface area contributed by atoms with Crippen molar-refractivity contribution in [3.8, 4) is 0 Å². The van der Waals surface area contributed by atoms with E-state index in [1.165, 1.54) is 32.9 Å². The van der Waals surface area contributed by atoms with Crippen molar-refractivity contribution < 1.29 is 33.5 Å². The third-order valence-electron chi connectivity index (χ3n) is 5.12. The molecule has 1 heterocycles. The van der Waals surface area contributed by atoms with E-state index in [-0.39, 0.29) is 37.0 Å². The molecule has 1 rings (SSSR count). The number of ether oxygens (including phenoxy) is 1. The molecular weight excluding hydrogens is 458 g/mol. The molecule has 0 saturated carbocycles. The molecule has 196 valence electrons. The van der Waals surface area contributed by atoms with Gasteiger partial charge in [0.05, 0.1) is 6.10 Å². The highest BCUT2D eigenvalue weighted by atomic mass is 16.5. The molecule has 0 aromatic carbocycles. The van der Waals surface area contributed by atoms with Crippen molar-refractivity contribution in [2.45, 2.75) is 84.5 Å². The highest BCUT2D eigenvalue weighted by Crippen LogP contribution is 2.07. The van der Waals surface area contributed by atoms with Gasteiger partial charge in [-0.25, -0.2) is 0 Å². The third-order valence-corrected chi connectivity index (χ3v) is 5.12. The van der Waals surface area contributed by atoms with Crippen molar-refractivity contribution in [3.05, 3.63) is 12.2 Å². The highest BCUT2D eigenvalue weighted by Gasteiger charge is 2.24. The first-order chi connectivity index (χ1) is 16.4. The predicted molar refractivity (Wildman–Crippen MR) is 126 cm³/mol. The van der Waals surface area contributed by atoms with Gasteiger partial charge in [-0.3, -0.25) is 33.7 Å². The maximum Gasteiger partial charge on any atom is 0.253 e. The zero-order chi connectivity index (χ0) is 26.5. The normalized spacial score (nSPS) is 15.5. The van der Waals surface area contributed by atoms with Gasteiger partial charge in [0.15, 0.2) is 0 Å². The lowest BCUT2D eigenvalue weighted by molar-refractivity contribution is -0.137. The molecule has 0 aromatic rings. The molecule has 6 amide bonds. The Morgan fingerprint density at radius 3 is 1.83 bits per heavy atom. The van der Waals surface area contributed by atoms with Crippen LogP contribution in [0.5, 0.6) is 0 Å². The molecule has 3 atom stereocenters. The Labute approximate surface area is 205 Å². The summed E-state index contributed by atoms with van der Waals surface area (Å²) < 4.78 is 5.23. The zero-order valence-corrected chi connectivity index (χ0v) is 21.0. The van der Waals surface area contributed by atoms with E-state index in [1.54, 1.807) is 0 Å². The van der Waals surface area contributed by atoms with Crippen LogP contribution >= 0.6 is 0 Å². The van der Waals surface area contributed by atoms with Crippen LogP contribution in [-0.2, 0) is 33.5 Å². The Hall–Kier alpha value is -3.28. The number of hydrogen-bond acceptors (Lipinski definition) is 7. The summed E-state index contributed by atoms with van der Waals surface area (Å²) in [6.45, 7) is 8.46. The minimum Gasteiger partial charge on any atom is -0.359 e. The predicted octanol–water partition coefficient (Wildman–Crippen LogP) is -0.515. The van der Waals surface area contributed by atoms with Gasteiger partial charge in [0.25, 0.3) is 11.8 Å². The number of rotatable bonds is 15. The molecule has 0 aromatic heterocycles. The number of carbonyl (C=O) groups is 6. The van der Waals surface area contributed by atoms with Crippen LogP contribution < -0.4 is 21.3 Å². The highest BCUT2D eigenvalue weighted by molar-refractivity contribution is 6.12. The Morgan fingerprint density at radius 2 is 1.29 bits per heavy atom. The number of nitrogens with zero attached hydrogens (tertiary/aromatic N) is 1. The van der Waals surface area contributed by atoms with E-state index in [0.29, 0.717) is 25.8 Å². The van der Waals surface area contributed by atoms with Gasteiger partial charge in [0.1, 0.15) is 24.9 Å². The van der Waals surface area contributed by atoms with Crippen molar-refractivity contribution in [2.24, 2.45) is 0 Å². The number of imide groups is 1. The number of nitrogens with one attached hydrogen (secondary N) is 4. The summed E-state index contributed by atoms with van der Waals surface area (Å²) in [4.78, 5) is 72.8. The average Bonchev–Trinajstić information content (AvgIpc) is 3.10. The standard InChI is InChI=1S/C23H37N5O7/c1-14(2)35-13-24-21(32)15(3)26-23(34)17(5)27-22(33)16(4)25-18(29)9-7-6-8-12-28-19(30)10-11-20(28)31/h10-11,14-17H,6-9,12-13H2,1-5H3,(H,24,32)(H,25,29)(H,26,34)(H,27,33). The van der Waals surface area contributed by atoms with E-state index >= 15 is 0 Å². The van der Waals surface area contributed by atoms with Gasteiger partial charge in [-0.05, 0) is 47.5 Å². The molecular formula is C23H37N5O7. The molecule has 1 aliphatic rings. The quantitative estimate of drug-likeness (QED) is 0.135. The summed E-state index contributed by atoms with van der Waals surface area (Å²) >= 11 is 0. The molecule has 1 aliphatic heterocycles. The second-order valence-electron chi connectivity index (χ2n) is 8.62. The fraction of sp³-hybridized carbons (Fsp3) is 0.652. The zero-order valence-electron chi connectivity index (χ0n) is 21.0. The van der Waals surface area contributed by atoms with E-state index in [2.05, 4.69) is 21.3 Å². The lowest BCUT2D eigenvalue weighted by Crippen LogP contribution is -2.54. The van der Waals surface area contributed by atoms with Gasteiger partial charge in [0.2, 0.25) is 23.6 Å². The minimum absolute atomic E-state index is 0.0233. The molecule has 12 nitrogen and oxygen atoms in total. The van der Waals surface area contributed by atoms with Crippen LogP contribution in [0.25, 0.3) is 0 Å². The van der Waals surface area contributed by atoms with Crippen molar-refractivity contribution in [1.29, 1.82) is 0 Å². The first-order valence-electron chi connectivity index (χ1n) is 11.7. The Morgan fingerprint density at radius 1 is 0.771 bits per heavy atom. The van der Waals surface area contributed by atoms with Gasteiger partial charge in [-0.1, -0.05) is 6.42 Å². The van der Waals surface area contributed by atoms with Crippen molar-refractivity contribution in [3.63, 3.8) is 0 Å². The van der Waals surface area contributed by atoms with Crippen LogP contribution in [0.2, 0.25) is 0 Å². The fourth-order valence-electron chi connectivity index (χ4n) is 3.00. The van der Waals surface area contributed by atoms with E-state index in [1.807, 2.05) is 13.8 Å². The second kappa shape index (κ2) is 14.9. The van der Waals surface area contributed by atoms with Gasteiger partial charge >= 0.3 is 0 Å². The third kappa shape index (κ3) is 11.1. The fourth-order valence-corrected chi connectivity index (χ4v) is 3.00. The van der Waals surface area contributed by atoms with Gasteiger partial charge in [-0.15, -0.1) is 0 Å². The molecule has 0 bridgehead atoms. The van der Waals surface area contributed by atoms with Crippen LogP contribution in [0.15, 0.2) is 12.2 Å². The van der Waals surface area contributed by atoms with Gasteiger partial charge < -0.3 is 26.0 Å². The number of carbonyl (C=O) groups excluding carboxylic acids is 6. The molecule has 0 aliphatic carbocycles. The van der Waals surface area contributed by atoms with E-state index in [4.69, 9.17) is 4.74 Å². The summed E-state index contributed by atoms with van der Waals surface area (Å²) in [5.41, 5.74) is 0. The van der Waals surface area contributed by atoms with Gasteiger partial charge in [0, 0.05) is 25.1 Å². The first kappa shape index (κ1) is 29.8. The Balaban J connectivity index is 2.26. The topological polar surface area (TPSA) is 163 Å². The van der Waals surface area contributed by atoms with E-state index in [9.17, 15) is 28.8 Å². The van der Waals surface area contributed by atoms with Crippen molar-refractivity contribution >= 4 is 35.4 Å². The SMILES string of the molecule is CC(C)OCNC(=O)C(C)NC(=O)C(C)NC(=O)C(C)NC(=O)CCCCCN1C(=O)C=CC1=O. The van der Waals surface area contributed by atoms with Gasteiger partial charge in [-0.2, -0.15) is 0 Å². The largest absolute Gasteiger partial charge is 0.359 e. The van der Waals surface area contributed by atoms with Crippen molar-refractivity contribution in [1.82, 2.24) is 26.2 Å². The summed E-state index contributed by atoms with van der Waals surface area (Å²) in [5.74, 6) is -2.49. The lowest BCUT2D eigenvalue weighted by Gasteiger charge is -2.20. The number of amides is 6. The van der Waals surface area contributed by atoms with E-state index in [0.717, 1.165) is 4.90 Å².